The summed E-state index contributed by atoms with van der Waals surface area (Å²) >= 11 is 0. The van der Waals surface area contributed by atoms with Crippen molar-refractivity contribution in [2.75, 3.05) is 37.9 Å². The quantitative estimate of drug-likeness (QED) is 0.171. The van der Waals surface area contributed by atoms with Gasteiger partial charge in [0.15, 0.2) is 17.3 Å². The summed E-state index contributed by atoms with van der Waals surface area (Å²) in [6.07, 6.45) is 0.474. The third kappa shape index (κ3) is 7.73. The Morgan fingerprint density at radius 2 is 1.91 bits per heavy atom. The van der Waals surface area contributed by atoms with Crippen molar-refractivity contribution >= 4 is 58.5 Å². The zero-order chi connectivity index (χ0) is 31.5. The Balaban J connectivity index is 1.69. The number of aliphatic hydroxyl groups excluding tert-OH is 2. The third-order valence-electron chi connectivity index (χ3n) is 6.44. The fourth-order valence-electron chi connectivity index (χ4n) is 4.20. The van der Waals surface area contributed by atoms with Crippen molar-refractivity contribution in [2.45, 2.75) is 24.2 Å². The van der Waals surface area contributed by atoms with Crippen LogP contribution < -0.4 is 20.7 Å². The van der Waals surface area contributed by atoms with Gasteiger partial charge in [0, 0.05) is 38.2 Å². The zero-order valence-electron chi connectivity index (χ0n) is 23.9. The number of carbonyl (C=O) groups excluding carboxylic acids is 3. The number of aromatic nitrogens is 4. The summed E-state index contributed by atoms with van der Waals surface area (Å²) in [6.45, 7) is -0.557. The average Bonchev–Trinajstić information content (AvgIpc) is 3.73. The molecular weight excluding hydrogens is 553 g/mol. The molecule has 3 amide bonds. The molecule has 43 heavy (non-hydrogen) atoms. The Hall–Kier alpha value is -4.37. The molecule has 1 aliphatic carbocycles. The van der Waals surface area contributed by atoms with Crippen molar-refractivity contribution in [2.24, 2.45) is 13.0 Å². The molecule has 2 aromatic heterocycles. The molecule has 0 saturated heterocycles. The van der Waals surface area contributed by atoms with Gasteiger partial charge in [-0.2, -0.15) is 5.10 Å². The van der Waals surface area contributed by atoms with Crippen molar-refractivity contribution in [3.63, 3.8) is 0 Å². The van der Waals surface area contributed by atoms with E-state index in [0.717, 1.165) is 12.8 Å². The van der Waals surface area contributed by atoms with E-state index in [1.807, 2.05) is 0 Å². The second-order valence-corrected chi connectivity index (χ2v) is 10.2. The van der Waals surface area contributed by atoms with Gasteiger partial charge in [-0.1, -0.05) is 11.3 Å². The summed E-state index contributed by atoms with van der Waals surface area (Å²) in [5, 5.41) is 37.2. The first-order valence-corrected chi connectivity index (χ1v) is 13.2. The highest BCUT2D eigenvalue weighted by atomic mass is 16.5. The van der Waals surface area contributed by atoms with E-state index in [0.29, 0.717) is 22.7 Å². The SMILES string of the molecule is [B]C([B])([B])NC(=O)c1nnc(NC(=O)C2CC2)cc1Nc1cccc(-c2cc(C(=O)N(C)CC(O)CO)n(C)n2)c1OC. The summed E-state index contributed by atoms with van der Waals surface area (Å²) in [6, 6.07) is 8.09. The van der Waals surface area contributed by atoms with Gasteiger partial charge in [0.2, 0.25) is 5.91 Å². The predicted octanol–water partition coefficient (Wildman–Crippen LogP) is -0.750. The number of methoxy groups -OCH3 is 1. The smallest absolute Gasteiger partial charge is 0.272 e. The monoisotopic (exact) mass is 582 g/mol. The van der Waals surface area contributed by atoms with Crippen LogP contribution in [0.2, 0.25) is 0 Å². The van der Waals surface area contributed by atoms with E-state index in [9.17, 15) is 19.5 Å². The van der Waals surface area contributed by atoms with Gasteiger partial charge in [0.05, 0.1) is 60.4 Å². The Labute approximate surface area is 251 Å². The van der Waals surface area contributed by atoms with E-state index in [1.54, 1.807) is 31.3 Å². The number of carbonyl (C=O) groups is 3. The van der Waals surface area contributed by atoms with E-state index in [-0.39, 0.29) is 41.3 Å². The number of nitrogens with zero attached hydrogens (tertiary/aromatic N) is 5. The first-order valence-electron chi connectivity index (χ1n) is 13.2. The van der Waals surface area contributed by atoms with Crippen molar-refractivity contribution in [3.8, 4) is 17.0 Å². The summed E-state index contributed by atoms with van der Waals surface area (Å²) in [5.41, 5.74) is 1.40. The average molecular weight is 582 g/mol. The standard InChI is InChI=1S/C26H29B3N8O6/c1-36(11-14(39)12-38)25(42)19-9-17(35-37(19)2)15-5-4-6-16(22(15)43-3)30-18-10-20(31-23(40)13-7-8-13)33-34-21(18)24(41)32-26(27,28)29/h4-6,9-10,13-14,38-39H,7-8,11-12H2,1-3H3,(H,32,41)(H2,30,31,33,40). The van der Waals surface area contributed by atoms with Gasteiger partial charge in [-0.05, 0) is 31.0 Å². The molecule has 3 aromatic rings. The number of nitrogens with one attached hydrogen (secondary N) is 3. The third-order valence-corrected chi connectivity index (χ3v) is 6.44. The molecule has 1 unspecified atom stereocenters. The number of amides is 3. The molecule has 17 heteroatoms. The molecule has 1 atom stereocenters. The second kappa shape index (κ2) is 12.9. The molecule has 1 aromatic carbocycles. The highest BCUT2D eigenvalue weighted by Crippen LogP contribution is 2.38. The van der Waals surface area contributed by atoms with Crippen LogP contribution >= 0.6 is 0 Å². The minimum atomic E-state index is -2.04. The lowest BCUT2D eigenvalue weighted by atomic mass is 9.49. The lowest BCUT2D eigenvalue weighted by molar-refractivity contribution is -0.117. The minimum Gasteiger partial charge on any atom is -0.494 e. The van der Waals surface area contributed by atoms with E-state index in [1.165, 1.54) is 29.8 Å². The molecule has 1 fully saturated rings. The Kier molecular flexibility index (Phi) is 9.45. The van der Waals surface area contributed by atoms with Crippen LogP contribution in [0.25, 0.3) is 11.3 Å². The summed E-state index contributed by atoms with van der Waals surface area (Å²) in [7, 11) is 21.2. The number of hydrogen-bond donors (Lipinski definition) is 5. The zero-order valence-corrected chi connectivity index (χ0v) is 23.9. The van der Waals surface area contributed by atoms with Crippen molar-refractivity contribution in [3.05, 3.63) is 41.7 Å². The maximum atomic E-state index is 13.0. The molecule has 0 bridgehead atoms. The molecule has 0 spiro atoms. The summed E-state index contributed by atoms with van der Waals surface area (Å²) < 4.78 is 7.10. The van der Waals surface area contributed by atoms with Gasteiger partial charge in [-0.3, -0.25) is 19.1 Å². The van der Waals surface area contributed by atoms with E-state index >= 15 is 0 Å². The van der Waals surface area contributed by atoms with Crippen LogP contribution in [0.5, 0.6) is 5.75 Å². The molecule has 1 saturated carbocycles. The molecule has 2 heterocycles. The van der Waals surface area contributed by atoms with Gasteiger partial charge in [-0.15, -0.1) is 10.2 Å². The highest BCUT2D eigenvalue weighted by Gasteiger charge is 2.30. The van der Waals surface area contributed by atoms with Crippen LogP contribution in [-0.4, -0.2) is 115 Å². The topological polar surface area (TPSA) is 184 Å². The van der Waals surface area contributed by atoms with Gasteiger partial charge in [0.25, 0.3) is 11.8 Å². The van der Waals surface area contributed by atoms with Crippen LogP contribution in [0.1, 0.15) is 33.8 Å². The Morgan fingerprint density at radius 1 is 1.19 bits per heavy atom. The fourth-order valence-corrected chi connectivity index (χ4v) is 4.20. The van der Waals surface area contributed by atoms with Gasteiger partial charge >= 0.3 is 0 Å². The molecular formula is C26H29B3N8O6. The Bertz CT molecular complexity index is 1520. The van der Waals surface area contributed by atoms with Gasteiger partial charge in [-0.25, -0.2) is 0 Å². The van der Waals surface area contributed by atoms with Crippen molar-refractivity contribution in [1.82, 2.24) is 30.2 Å². The molecule has 6 radical (unpaired) electrons. The first kappa shape index (κ1) is 31.6. The van der Waals surface area contributed by atoms with Crippen LogP contribution in [0, 0.1) is 5.92 Å². The molecule has 1 aliphatic rings. The van der Waals surface area contributed by atoms with Crippen molar-refractivity contribution < 1.29 is 29.3 Å². The highest BCUT2D eigenvalue weighted by molar-refractivity contribution is 6.60. The predicted molar refractivity (Wildman–Crippen MR) is 159 cm³/mol. The van der Waals surface area contributed by atoms with E-state index < -0.39 is 29.8 Å². The van der Waals surface area contributed by atoms with Crippen molar-refractivity contribution in [1.29, 1.82) is 0 Å². The van der Waals surface area contributed by atoms with Gasteiger partial charge in [0.1, 0.15) is 5.69 Å². The molecule has 5 N–H and O–H groups in total. The number of likely N-dealkylation sites (N-methyl/N-ethyl adjacent to an activating group) is 1. The van der Waals surface area contributed by atoms with Crippen LogP contribution in [-0.2, 0) is 11.8 Å². The number of para-hydroxylation sites is 1. The fraction of sp³-hybridized carbons (Fsp3) is 0.385. The number of aliphatic hydroxyl groups is 2. The van der Waals surface area contributed by atoms with Gasteiger partial charge < -0.3 is 35.8 Å². The molecule has 4 rings (SSSR count). The molecule has 14 nitrogen and oxygen atoms in total. The lowest BCUT2D eigenvalue weighted by Crippen LogP contribution is -2.50. The van der Waals surface area contributed by atoms with Crippen LogP contribution in [0.4, 0.5) is 17.2 Å². The van der Waals surface area contributed by atoms with E-state index in [2.05, 4.69) is 31.2 Å². The summed E-state index contributed by atoms with van der Waals surface area (Å²) in [4.78, 5) is 39.5. The first-order chi connectivity index (χ1) is 20.3. The lowest BCUT2D eigenvalue weighted by Gasteiger charge is -2.23. The second-order valence-electron chi connectivity index (χ2n) is 10.2. The number of ether oxygens (including phenoxy) is 1. The number of anilines is 3. The number of benzene rings is 1. The molecule has 0 aliphatic heterocycles. The molecule has 218 valence electrons. The number of hydrogen-bond acceptors (Lipinski definition) is 10. The minimum absolute atomic E-state index is 0.0723. The van der Waals surface area contributed by atoms with E-state index in [4.69, 9.17) is 33.4 Å². The van der Waals surface area contributed by atoms with Crippen LogP contribution in [0.15, 0.2) is 30.3 Å². The summed E-state index contributed by atoms with van der Waals surface area (Å²) in [5.74, 6) is -1.15. The maximum absolute atomic E-state index is 13.0. The Morgan fingerprint density at radius 3 is 2.53 bits per heavy atom. The maximum Gasteiger partial charge on any atom is 0.272 e. The normalized spacial score (nSPS) is 13.6. The van der Waals surface area contributed by atoms with Crippen LogP contribution in [0.3, 0.4) is 0 Å². The number of aryl methyl sites for hydroxylation is 1. The number of rotatable bonds is 12. The largest absolute Gasteiger partial charge is 0.494 e.